The second kappa shape index (κ2) is 2.77. The Bertz CT molecular complexity index is 381. The Kier molecular flexibility index (Phi) is 1.95. The molecule has 12 heavy (non-hydrogen) atoms. The number of nitro groups is 1. The van der Waals surface area contributed by atoms with Crippen LogP contribution < -0.4 is 5.56 Å². The van der Waals surface area contributed by atoms with Gasteiger partial charge in [-0.3, -0.25) is 14.9 Å². The highest BCUT2D eigenvalue weighted by Crippen LogP contribution is 2.15. The van der Waals surface area contributed by atoms with E-state index >= 15 is 0 Å². The Balaban J connectivity index is 3.47. The molecule has 1 N–H and O–H groups in total. The summed E-state index contributed by atoms with van der Waals surface area (Å²) in [7, 11) is 0. The quantitative estimate of drug-likeness (QED) is 0.500. The molecule has 1 aromatic heterocycles. The van der Waals surface area contributed by atoms with Crippen LogP contribution in [0.15, 0.2) is 11.0 Å². The number of aromatic amines is 1. The summed E-state index contributed by atoms with van der Waals surface area (Å²) in [5, 5.41) is 10.4. The predicted molar refractivity (Wildman–Crippen MR) is 43.2 cm³/mol. The van der Waals surface area contributed by atoms with Crippen LogP contribution in [0.25, 0.3) is 0 Å². The van der Waals surface area contributed by atoms with Crippen LogP contribution in [0.2, 0.25) is 0 Å². The molecule has 0 saturated heterocycles. The van der Waals surface area contributed by atoms with Crippen LogP contribution in [0.5, 0.6) is 0 Å². The molecule has 5 heteroatoms. The van der Waals surface area contributed by atoms with E-state index in [1.165, 1.54) is 0 Å². The zero-order valence-corrected chi connectivity index (χ0v) is 6.75. The summed E-state index contributed by atoms with van der Waals surface area (Å²) >= 11 is 0. The minimum atomic E-state index is -0.516. The van der Waals surface area contributed by atoms with Crippen molar-refractivity contribution in [3.8, 4) is 0 Å². The van der Waals surface area contributed by atoms with Crippen molar-refractivity contribution < 1.29 is 4.92 Å². The van der Waals surface area contributed by atoms with Crippen LogP contribution in [-0.4, -0.2) is 9.91 Å². The molecule has 0 unspecified atom stereocenters. The van der Waals surface area contributed by atoms with Crippen LogP contribution in [0.4, 0.5) is 5.69 Å². The monoisotopic (exact) mass is 168 g/mol. The number of pyridine rings is 1. The van der Waals surface area contributed by atoms with E-state index in [0.29, 0.717) is 11.1 Å². The number of H-pyrrole nitrogens is 1. The first-order valence-electron chi connectivity index (χ1n) is 3.37. The van der Waals surface area contributed by atoms with Gasteiger partial charge in [0.1, 0.15) is 0 Å². The maximum absolute atomic E-state index is 10.9. The van der Waals surface area contributed by atoms with Gasteiger partial charge in [-0.15, -0.1) is 0 Å². The fourth-order valence-electron chi connectivity index (χ4n) is 0.902. The Hall–Kier alpha value is -1.65. The third kappa shape index (κ3) is 1.20. The molecule has 5 nitrogen and oxygen atoms in total. The molecular weight excluding hydrogens is 160 g/mol. The lowest BCUT2D eigenvalue weighted by Crippen LogP contribution is -2.11. The number of nitrogens with one attached hydrogen (secondary N) is 1. The fourth-order valence-corrected chi connectivity index (χ4v) is 0.902. The van der Waals surface area contributed by atoms with Crippen molar-refractivity contribution in [2.75, 3.05) is 0 Å². The molecular formula is C7H8N2O3. The fraction of sp³-hybridized carbons (Fsp3) is 0.286. The summed E-state index contributed by atoms with van der Waals surface area (Å²) in [6.45, 7) is 3.11. The molecule has 0 aliphatic heterocycles. The van der Waals surface area contributed by atoms with E-state index < -0.39 is 4.92 Å². The third-order valence-corrected chi connectivity index (χ3v) is 1.82. The number of hydrogen-bond acceptors (Lipinski definition) is 3. The van der Waals surface area contributed by atoms with Gasteiger partial charge in [-0.2, -0.15) is 0 Å². The Morgan fingerprint density at radius 3 is 2.50 bits per heavy atom. The molecule has 1 rings (SSSR count). The summed E-state index contributed by atoms with van der Waals surface area (Å²) < 4.78 is 0. The SMILES string of the molecule is Cc1c([N+](=O)[O-])c[nH]c(=O)c1C. The van der Waals surface area contributed by atoms with E-state index in [-0.39, 0.29) is 11.2 Å². The minimum Gasteiger partial charge on any atom is -0.323 e. The van der Waals surface area contributed by atoms with Crippen LogP contribution in [0, 0.1) is 24.0 Å². The van der Waals surface area contributed by atoms with Gasteiger partial charge in [0.25, 0.3) is 11.2 Å². The molecule has 0 saturated carbocycles. The van der Waals surface area contributed by atoms with Gasteiger partial charge >= 0.3 is 0 Å². The van der Waals surface area contributed by atoms with Crippen molar-refractivity contribution in [1.29, 1.82) is 0 Å². The molecule has 0 bridgehead atoms. The summed E-state index contributed by atoms with van der Waals surface area (Å²) in [6, 6.07) is 0. The van der Waals surface area contributed by atoms with E-state index in [9.17, 15) is 14.9 Å². The van der Waals surface area contributed by atoms with Crippen LogP contribution in [-0.2, 0) is 0 Å². The molecule has 0 aliphatic rings. The highest BCUT2D eigenvalue weighted by Gasteiger charge is 2.13. The van der Waals surface area contributed by atoms with Crippen molar-refractivity contribution in [1.82, 2.24) is 4.98 Å². The van der Waals surface area contributed by atoms with E-state index in [2.05, 4.69) is 4.98 Å². The first kappa shape index (κ1) is 8.45. The molecule has 64 valence electrons. The molecule has 0 fully saturated rings. The van der Waals surface area contributed by atoms with Crippen molar-refractivity contribution in [2.24, 2.45) is 0 Å². The first-order valence-corrected chi connectivity index (χ1v) is 3.37. The third-order valence-electron chi connectivity index (χ3n) is 1.82. The summed E-state index contributed by atoms with van der Waals surface area (Å²) in [5.41, 5.74) is 0.484. The average molecular weight is 168 g/mol. The van der Waals surface area contributed by atoms with Crippen LogP contribution >= 0.6 is 0 Å². The standard InChI is InChI=1S/C7H8N2O3/c1-4-5(2)7(10)8-3-6(4)9(11)12/h3H,1-2H3,(H,8,10). The van der Waals surface area contributed by atoms with Crippen LogP contribution in [0.1, 0.15) is 11.1 Å². The van der Waals surface area contributed by atoms with Gasteiger partial charge in [-0.1, -0.05) is 0 Å². The number of aromatic nitrogens is 1. The predicted octanol–water partition coefficient (Wildman–Crippen LogP) is 0.900. The van der Waals surface area contributed by atoms with E-state index in [1.807, 2.05) is 0 Å². The lowest BCUT2D eigenvalue weighted by Gasteiger charge is -1.98. The van der Waals surface area contributed by atoms with Gasteiger partial charge in [0.2, 0.25) is 0 Å². The van der Waals surface area contributed by atoms with Gasteiger partial charge in [0.15, 0.2) is 0 Å². The first-order chi connectivity index (χ1) is 5.54. The molecule has 0 spiro atoms. The van der Waals surface area contributed by atoms with Gasteiger partial charge in [0.05, 0.1) is 11.1 Å². The highest BCUT2D eigenvalue weighted by atomic mass is 16.6. The zero-order chi connectivity index (χ0) is 9.30. The zero-order valence-electron chi connectivity index (χ0n) is 6.75. The van der Waals surface area contributed by atoms with Crippen molar-refractivity contribution in [3.05, 3.63) is 37.8 Å². The summed E-state index contributed by atoms with van der Waals surface area (Å²) in [5.74, 6) is 0. The van der Waals surface area contributed by atoms with Crippen molar-refractivity contribution >= 4 is 5.69 Å². The van der Waals surface area contributed by atoms with E-state index in [1.54, 1.807) is 13.8 Å². The number of hydrogen-bond donors (Lipinski definition) is 1. The molecule has 0 radical (unpaired) electrons. The van der Waals surface area contributed by atoms with Crippen molar-refractivity contribution in [2.45, 2.75) is 13.8 Å². The van der Waals surface area contributed by atoms with Crippen molar-refractivity contribution in [3.63, 3.8) is 0 Å². The van der Waals surface area contributed by atoms with Gasteiger partial charge < -0.3 is 4.98 Å². The Labute approximate surface area is 68.2 Å². The number of nitrogens with zero attached hydrogens (tertiary/aromatic N) is 1. The van der Waals surface area contributed by atoms with Crippen LogP contribution in [0.3, 0.4) is 0 Å². The van der Waals surface area contributed by atoms with Gasteiger partial charge in [0, 0.05) is 11.1 Å². The molecule has 0 aromatic carbocycles. The lowest BCUT2D eigenvalue weighted by atomic mass is 10.1. The Morgan fingerprint density at radius 2 is 2.00 bits per heavy atom. The molecule has 0 atom stereocenters. The maximum atomic E-state index is 10.9. The second-order valence-corrected chi connectivity index (χ2v) is 2.51. The van der Waals surface area contributed by atoms with E-state index in [0.717, 1.165) is 6.20 Å². The lowest BCUT2D eigenvalue weighted by molar-refractivity contribution is -0.385. The van der Waals surface area contributed by atoms with Gasteiger partial charge in [-0.05, 0) is 13.8 Å². The Morgan fingerprint density at radius 1 is 1.42 bits per heavy atom. The maximum Gasteiger partial charge on any atom is 0.288 e. The minimum absolute atomic E-state index is 0.0490. The normalized spacial score (nSPS) is 9.83. The summed E-state index contributed by atoms with van der Waals surface area (Å²) in [4.78, 5) is 23.1. The largest absolute Gasteiger partial charge is 0.323 e. The molecule has 0 aliphatic carbocycles. The van der Waals surface area contributed by atoms with E-state index in [4.69, 9.17) is 0 Å². The van der Waals surface area contributed by atoms with Gasteiger partial charge in [-0.25, -0.2) is 0 Å². The molecule has 0 amide bonds. The second-order valence-electron chi connectivity index (χ2n) is 2.51. The molecule has 1 heterocycles. The number of rotatable bonds is 1. The topological polar surface area (TPSA) is 76.0 Å². The average Bonchev–Trinajstić information content (AvgIpc) is 2.00. The molecule has 1 aromatic rings. The highest BCUT2D eigenvalue weighted by molar-refractivity contribution is 5.40. The summed E-state index contributed by atoms with van der Waals surface area (Å²) in [6.07, 6.45) is 1.12. The smallest absolute Gasteiger partial charge is 0.288 e.